The summed E-state index contributed by atoms with van der Waals surface area (Å²) in [5.41, 5.74) is 1.92. The molecule has 2 fully saturated rings. The molecule has 1 aromatic carbocycles. The Bertz CT molecular complexity index is 640. The molecule has 2 saturated heterocycles. The van der Waals surface area contributed by atoms with Crippen molar-refractivity contribution in [2.75, 3.05) is 19.6 Å². The van der Waals surface area contributed by atoms with Crippen LogP contribution in [0.25, 0.3) is 0 Å². The van der Waals surface area contributed by atoms with Crippen molar-refractivity contribution in [3.63, 3.8) is 0 Å². The lowest BCUT2D eigenvalue weighted by Gasteiger charge is -2.28. The molecule has 2 aliphatic rings. The van der Waals surface area contributed by atoms with Crippen molar-refractivity contribution in [1.29, 1.82) is 0 Å². The first-order chi connectivity index (χ1) is 12.4. The summed E-state index contributed by atoms with van der Waals surface area (Å²) in [6.45, 7) is 8.74. The molecular formula is C21H32ClN3O2. The summed E-state index contributed by atoms with van der Waals surface area (Å²) in [5.74, 6) is 0.0587. The highest BCUT2D eigenvalue weighted by Gasteiger charge is 2.37. The topological polar surface area (TPSA) is 61.4 Å². The fourth-order valence-corrected chi connectivity index (χ4v) is 4.03. The molecule has 0 radical (unpaired) electrons. The molecule has 27 heavy (non-hydrogen) atoms. The van der Waals surface area contributed by atoms with Crippen molar-refractivity contribution in [2.45, 2.75) is 64.0 Å². The Labute approximate surface area is 168 Å². The van der Waals surface area contributed by atoms with Crippen LogP contribution in [0.4, 0.5) is 0 Å². The van der Waals surface area contributed by atoms with Crippen LogP contribution in [0.15, 0.2) is 24.3 Å². The zero-order valence-corrected chi connectivity index (χ0v) is 17.4. The van der Waals surface area contributed by atoms with Crippen molar-refractivity contribution in [3.05, 3.63) is 35.4 Å². The van der Waals surface area contributed by atoms with Gasteiger partial charge in [0.25, 0.3) is 5.91 Å². The average molecular weight is 394 g/mol. The Morgan fingerprint density at radius 1 is 1.11 bits per heavy atom. The molecule has 2 unspecified atom stereocenters. The number of halogens is 1. The van der Waals surface area contributed by atoms with Crippen LogP contribution in [0.5, 0.6) is 0 Å². The molecule has 0 saturated carbocycles. The number of fused-ring (bicyclic) bond motifs is 2. The second-order valence-corrected chi connectivity index (χ2v) is 8.51. The van der Waals surface area contributed by atoms with Crippen LogP contribution >= 0.6 is 12.4 Å². The number of carbonyl (C=O) groups excluding carboxylic acids is 2. The van der Waals surface area contributed by atoms with E-state index in [0.29, 0.717) is 30.6 Å². The molecule has 5 nitrogen and oxygen atoms in total. The maximum atomic E-state index is 12.6. The van der Waals surface area contributed by atoms with Gasteiger partial charge in [-0.3, -0.25) is 9.59 Å². The minimum atomic E-state index is -0.112. The molecule has 2 bridgehead atoms. The van der Waals surface area contributed by atoms with E-state index in [-0.39, 0.29) is 29.6 Å². The van der Waals surface area contributed by atoms with E-state index < -0.39 is 0 Å². The Kier molecular flexibility index (Phi) is 7.29. The summed E-state index contributed by atoms with van der Waals surface area (Å²) >= 11 is 0. The summed E-state index contributed by atoms with van der Waals surface area (Å²) in [4.78, 5) is 27.0. The van der Waals surface area contributed by atoms with Gasteiger partial charge in [0.2, 0.25) is 5.91 Å². The highest BCUT2D eigenvalue weighted by Crippen LogP contribution is 2.28. The predicted molar refractivity (Wildman–Crippen MR) is 110 cm³/mol. The molecule has 150 valence electrons. The van der Waals surface area contributed by atoms with E-state index in [9.17, 15) is 9.59 Å². The molecule has 2 amide bonds. The lowest BCUT2D eigenvalue weighted by atomic mass is 9.87. The molecule has 2 N–H and O–H groups in total. The third kappa shape index (κ3) is 5.23. The number of rotatable bonds is 4. The fourth-order valence-electron chi connectivity index (χ4n) is 4.03. The van der Waals surface area contributed by atoms with E-state index >= 15 is 0 Å². The van der Waals surface area contributed by atoms with Crippen molar-refractivity contribution >= 4 is 24.2 Å². The monoisotopic (exact) mass is 393 g/mol. The van der Waals surface area contributed by atoms with Crippen molar-refractivity contribution in [2.24, 2.45) is 0 Å². The summed E-state index contributed by atoms with van der Waals surface area (Å²) < 4.78 is 0. The Hall–Kier alpha value is -1.59. The maximum absolute atomic E-state index is 12.6. The molecule has 6 heteroatoms. The lowest BCUT2D eigenvalue weighted by molar-refractivity contribution is -0.133. The maximum Gasteiger partial charge on any atom is 0.251 e. The van der Waals surface area contributed by atoms with Crippen LogP contribution in [-0.2, 0) is 10.2 Å². The van der Waals surface area contributed by atoms with Crippen molar-refractivity contribution < 1.29 is 9.59 Å². The van der Waals surface area contributed by atoms with Crippen LogP contribution in [0.2, 0.25) is 0 Å². The number of nitrogens with zero attached hydrogens (tertiary/aromatic N) is 1. The van der Waals surface area contributed by atoms with Gasteiger partial charge in [0.1, 0.15) is 0 Å². The van der Waals surface area contributed by atoms with Crippen LogP contribution in [0.1, 0.15) is 62.4 Å². The predicted octanol–water partition coefficient (Wildman–Crippen LogP) is 2.88. The highest BCUT2D eigenvalue weighted by atomic mass is 35.5. The second-order valence-electron chi connectivity index (χ2n) is 8.51. The quantitative estimate of drug-likeness (QED) is 0.826. The Balaban J connectivity index is 0.00000261. The number of amides is 2. The molecular weight excluding hydrogens is 362 g/mol. The van der Waals surface area contributed by atoms with E-state index in [4.69, 9.17) is 0 Å². The van der Waals surface area contributed by atoms with Crippen LogP contribution in [-0.4, -0.2) is 48.4 Å². The minimum Gasteiger partial charge on any atom is -0.352 e. The first kappa shape index (κ1) is 21.7. The van der Waals surface area contributed by atoms with Gasteiger partial charge in [-0.25, -0.2) is 0 Å². The molecule has 3 rings (SSSR count). The van der Waals surface area contributed by atoms with Gasteiger partial charge in [0.15, 0.2) is 0 Å². The zero-order chi connectivity index (χ0) is 18.7. The molecule has 0 aliphatic carbocycles. The molecule has 2 heterocycles. The van der Waals surface area contributed by atoms with Gasteiger partial charge in [-0.1, -0.05) is 32.9 Å². The van der Waals surface area contributed by atoms with Crippen molar-refractivity contribution in [1.82, 2.24) is 15.5 Å². The van der Waals surface area contributed by atoms with Crippen LogP contribution in [0, 0.1) is 0 Å². The van der Waals surface area contributed by atoms with Gasteiger partial charge >= 0.3 is 0 Å². The lowest BCUT2D eigenvalue weighted by Crippen LogP contribution is -2.43. The first-order valence-electron chi connectivity index (χ1n) is 9.77. The summed E-state index contributed by atoms with van der Waals surface area (Å²) in [5, 5.41) is 6.30. The SMILES string of the molecule is CC(C)(C)c1ccc(C(=O)NCCC(=O)N2C3CCNCC2CC3)cc1.Cl. The molecule has 2 aliphatic heterocycles. The number of hydrogen-bond acceptors (Lipinski definition) is 3. The number of hydrogen-bond donors (Lipinski definition) is 2. The number of benzene rings is 1. The number of carbonyl (C=O) groups is 2. The van der Waals surface area contributed by atoms with Crippen molar-refractivity contribution in [3.8, 4) is 0 Å². The number of nitrogens with one attached hydrogen (secondary N) is 2. The Morgan fingerprint density at radius 3 is 2.44 bits per heavy atom. The van der Waals surface area contributed by atoms with E-state index in [1.54, 1.807) is 0 Å². The third-order valence-electron chi connectivity index (χ3n) is 5.58. The summed E-state index contributed by atoms with van der Waals surface area (Å²) in [6.07, 6.45) is 3.62. The fraction of sp³-hybridized carbons (Fsp3) is 0.619. The molecule has 1 aromatic rings. The second kappa shape index (κ2) is 9.07. The summed E-state index contributed by atoms with van der Waals surface area (Å²) in [7, 11) is 0. The van der Waals surface area contributed by atoms with Crippen LogP contribution in [0.3, 0.4) is 0 Å². The van der Waals surface area contributed by atoms with Gasteiger partial charge in [-0.05, 0) is 48.9 Å². The van der Waals surface area contributed by atoms with Gasteiger partial charge in [0.05, 0.1) is 0 Å². The van der Waals surface area contributed by atoms with Gasteiger partial charge in [-0.15, -0.1) is 12.4 Å². The van der Waals surface area contributed by atoms with E-state index in [1.165, 1.54) is 5.56 Å². The van der Waals surface area contributed by atoms with Gasteiger partial charge in [-0.2, -0.15) is 0 Å². The van der Waals surface area contributed by atoms with Gasteiger partial charge < -0.3 is 15.5 Å². The van der Waals surface area contributed by atoms with E-state index in [1.807, 2.05) is 24.3 Å². The molecule has 2 atom stereocenters. The minimum absolute atomic E-state index is 0. The largest absolute Gasteiger partial charge is 0.352 e. The average Bonchev–Trinajstić information content (AvgIpc) is 2.87. The van der Waals surface area contributed by atoms with Gasteiger partial charge in [0, 0.05) is 37.2 Å². The zero-order valence-electron chi connectivity index (χ0n) is 16.6. The Morgan fingerprint density at radius 2 is 1.78 bits per heavy atom. The van der Waals surface area contributed by atoms with E-state index in [0.717, 1.165) is 32.4 Å². The molecule has 0 aromatic heterocycles. The highest BCUT2D eigenvalue weighted by molar-refractivity contribution is 5.94. The standard InChI is InChI=1S/C21H31N3O2.ClH/c1-21(2,3)16-6-4-15(5-7-16)20(26)23-13-11-19(25)24-17-8-9-18(24)14-22-12-10-17;/h4-7,17-18,22H,8-14H2,1-3H3,(H,23,26);1H. The first-order valence-corrected chi connectivity index (χ1v) is 9.77. The molecule has 0 spiro atoms. The normalized spacial score (nSPS) is 22.0. The summed E-state index contributed by atoms with van der Waals surface area (Å²) in [6, 6.07) is 8.43. The van der Waals surface area contributed by atoms with E-state index in [2.05, 4.69) is 36.3 Å². The smallest absolute Gasteiger partial charge is 0.251 e. The van der Waals surface area contributed by atoms with Crippen LogP contribution < -0.4 is 10.6 Å². The third-order valence-corrected chi connectivity index (χ3v) is 5.58.